The molecule has 0 saturated heterocycles. The first-order valence-electron chi connectivity index (χ1n) is 4.77. The first kappa shape index (κ1) is 10.3. The SMILES string of the molecule is CC(O)CC1CSc2cccc(Cl)c21. The van der Waals surface area contributed by atoms with Gasteiger partial charge in [0.1, 0.15) is 0 Å². The maximum absolute atomic E-state index is 9.38. The van der Waals surface area contributed by atoms with Crippen LogP contribution >= 0.6 is 23.4 Å². The van der Waals surface area contributed by atoms with E-state index in [1.165, 1.54) is 10.5 Å². The average Bonchev–Trinajstić information content (AvgIpc) is 2.49. The van der Waals surface area contributed by atoms with E-state index in [0.29, 0.717) is 5.92 Å². The Kier molecular flexibility index (Phi) is 3.05. The molecule has 2 unspecified atom stereocenters. The van der Waals surface area contributed by atoms with E-state index in [9.17, 15) is 5.11 Å². The molecular formula is C11H13ClOS. The lowest BCUT2D eigenvalue weighted by Gasteiger charge is -2.13. The number of hydrogen-bond donors (Lipinski definition) is 1. The van der Waals surface area contributed by atoms with Crippen LogP contribution in [0.15, 0.2) is 23.1 Å². The van der Waals surface area contributed by atoms with Gasteiger partial charge < -0.3 is 5.11 Å². The van der Waals surface area contributed by atoms with Gasteiger partial charge in [-0.3, -0.25) is 0 Å². The lowest BCUT2D eigenvalue weighted by atomic mass is 9.95. The zero-order valence-corrected chi connectivity index (χ0v) is 9.61. The quantitative estimate of drug-likeness (QED) is 0.838. The Labute approximate surface area is 93.5 Å². The number of aliphatic hydroxyl groups excluding tert-OH is 1. The summed E-state index contributed by atoms with van der Waals surface area (Å²) < 4.78 is 0. The maximum Gasteiger partial charge on any atom is 0.0518 e. The second kappa shape index (κ2) is 4.13. The Hall–Kier alpha value is -0.180. The first-order chi connectivity index (χ1) is 6.68. The highest BCUT2D eigenvalue weighted by atomic mass is 35.5. The summed E-state index contributed by atoms with van der Waals surface area (Å²) in [7, 11) is 0. The van der Waals surface area contributed by atoms with E-state index in [1.807, 2.05) is 30.8 Å². The van der Waals surface area contributed by atoms with Gasteiger partial charge in [-0.25, -0.2) is 0 Å². The molecule has 0 fully saturated rings. The topological polar surface area (TPSA) is 20.2 Å². The van der Waals surface area contributed by atoms with Crippen LogP contribution in [0.4, 0.5) is 0 Å². The fourth-order valence-corrected chi connectivity index (χ4v) is 3.59. The van der Waals surface area contributed by atoms with E-state index in [0.717, 1.165) is 17.2 Å². The fraction of sp³-hybridized carbons (Fsp3) is 0.455. The number of rotatable bonds is 2. The zero-order valence-electron chi connectivity index (χ0n) is 8.03. The third-order valence-corrected chi connectivity index (χ3v) is 4.05. The predicted molar refractivity (Wildman–Crippen MR) is 61.2 cm³/mol. The molecule has 0 bridgehead atoms. The van der Waals surface area contributed by atoms with Crippen molar-refractivity contribution in [1.29, 1.82) is 0 Å². The summed E-state index contributed by atoms with van der Waals surface area (Å²) in [5.41, 5.74) is 1.24. The summed E-state index contributed by atoms with van der Waals surface area (Å²) in [5, 5.41) is 10.2. The molecule has 2 atom stereocenters. The van der Waals surface area contributed by atoms with Crippen molar-refractivity contribution in [2.75, 3.05) is 5.75 Å². The molecule has 1 aliphatic heterocycles. The van der Waals surface area contributed by atoms with Gasteiger partial charge in [-0.15, -0.1) is 11.8 Å². The van der Waals surface area contributed by atoms with Crippen molar-refractivity contribution < 1.29 is 5.11 Å². The summed E-state index contributed by atoms with van der Waals surface area (Å²) in [5.74, 6) is 1.47. The molecule has 0 spiro atoms. The van der Waals surface area contributed by atoms with E-state index < -0.39 is 0 Å². The van der Waals surface area contributed by atoms with E-state index in [1.54, 1.807) is 0 Å². The molecule has 1 aliphatic rings. The van der Waals surface area contributed by atoms with Crippen molar-refractivity contribution in [2.24, 2.45) is 0 Å². The number of hydrogen-bond acceptors (Lipinski definition) is 2. The van der Waals surface area contributed by atoms with Gasteiger partial charge in [0.2, 0.25) is 0 Å². The van der Waals surface area contributed by atoms with Gasteiger partial charge in [-0.05, 0) is 37.0 Å². The summed E-state index contributed by atoms with van der Waals surface area (Å²) in [6, 6.07) is 6.02. The van der Waals surface area contributed by atoms with E-state index in [-0.39, 0.29) is 6.10 Å². The van der Waals surface area contributed by atoms with Gasteiger partial charge >= 0.3 is 0 Å². The highest BCUT2D eigenvalue weighted by molar-refractivity contribution is 7.99. The van der Waals surface area contributed by atoms with E-state index >= 15 is 0 Å². The molecule has 14 heavy (non-hydrogen) atoms. The lowest BCUT2D eigenvalue weighted by molar-refractivity contribution is 0.177. The minimum atomic E-state index is -0.247. The van der Waals surface area contributed by atoms with Crippen LogP contribution in [0.2, 0.25) is 5.02 Å². The molecule has 3 heteroatoms. The van der Waals surface area contributed by atoms with Gasteiger partial charge in [0.15, 0.2) is 0 Å². The predicted octanol–water partition coefficient (Wildman–Crippen LogP) is 3.30. The monoisotopic (exact) mass is 228 g/mol. The number of thioether (sulfide) groups is 1. The Morgan fingerprint density at radius 1 is 1.64 bits per heavy atom. The van der Waals surface area contributed by atoms with Crippen molar-refractivity contribution >= 4 is 23.4 Å². The zero-order chi connectivity index (χ0) is 10.1. The van der Waals surface area contributed by atoms with Crippen molar-refractivity contribution in [3.8, 4) is 0 Å². The summed E-state index contributed by atoms with van der Waals surface area (Å²) in [6.07, 6.45) is 0.562. The second-order valence-corrected chi connectivity index (χ2v) is 5.21. The molecule has 1 N–H and O–H groups in total. The van der Waals surface area contributed by atoms with Crippen LogP contribution in [0.5, 0.6) is 0 Å². The Morgan fingerprint density at radius 3 is 3.14 bits per heavy atom. The van der Waals surface area contributed by atoms with Crippen LogP contribution < -0.4 is 0 Å². The molecule has 1 aromatic carbocycles. The van der Waals surface area contributed by atoms with Gasteiger partial charge in [-0.1, -0.05) is 17.7 Å². The van der Waals surface area contributed by atoms with Crippen LogP contribution in [-0.4, -0.2) is 17.0 Å². The van der Waals surface area contributed by atoms with Gasteiger partial charge in [0.05, 0.1) is 6.10 Å². The highest BCUT2D eigenvalue weighted by Crippen LogP contribution is 2.44. The summed E-state index contributed by atoms with van der Waals surface area (Å²) >= 11 is 7.99. The molecule has 0 aliphatic carbocycles. The standard InChI is InChI=1S/C11H13ClOS/c1-7(13)5-8-6-14-10-4-2-3-9(12)11(8)10/h2-4,7-8,13H,5-6H2,1H3. The number of fused-ring (bicyclic) bond motifs is 1. The normalized spacial score (nSPS) is 22.1. The number of halogens is 1. The summed E-state index contributed by atoms with van der Waals surface area (Å²) in [4.78, 5) is 1.28. The molecule has 2 rings (SSSR count). The lowest BCUT2D eigenvalue weighted by Crippen LogP contribution is -2.08. The molecule has 1 aromatic rings. The molecule has 0 saturated carbocycles. The van der Waals surface area contributed by atoms with Crippen LogP contribution in [0, 0.1) is 0 Å². The van der Waals surface area contributed by atoms with Gasteiger partial charge in [-0.2, -0.15) is 0 Å². The molecule has 76 valence electrons. The third-order valence-electron chi connectivity index (χ3n) is 2.49. The van der Waals surface area contributed by atoms with Crippen LogP contribution in [-0.2, 0) is 0 Å². The average molecular weight is 229 g/mol. The van der Waals surface area contributed by atoms with Crippen LogP contribution in [0.1, 0.15) is 24.8 Å². The Bertz CT molecular complexity index is 338. The Balaban J connectivity index is 2.29. The van der Waals surface area contributed by atoms with E-state index in [4.69, 9.17) is 11.6 Å². The van der Waals surface area contributed by atoms with Crippen molar-refractivity contribution in [2.45, 2.75) is 30.3 Å². The smallest absolute Gasteiger partial charge is 0.0518 e. The fourth-order valence-electron chi connectivity index (χ4n) is 1.91. The molecular weight excluding hydrogens is 216 g/mol. The number of aliphatic hydroxyl groups is 1. The Morgan fingerprint density at radius 2 is 2.43 bits per heavy atom. The van der Waals surface area contributed by atoms with Gasteiger partial charge in [0, 0.05) is 15.7 Å². The van der Waals surface area contributed by atoms with Gasteiger partial charge in [0.25, 0.3) is 0 Å². The minimum absolute atomic E-state index is 0.247. The van der Waals surface area contributed by atoms with Crippen LogP contribution in [0.3, 0.4) is 0 Å². The number of benzene rings is 1. The first-order valence-corrected chi connectivity index (χ1v) is 6.14. The second-order valence-electron chi connectivity index (χ2n) is 3.74. The van der Waals surface area contributed by atoms with Crippen molar-refractivity contribution in [3.63, 3.8) is 0 Å². The van der Waals surface area contributed by atoms with Crippen molar-refractivity contribution in [1.82, 2.24) is 0 Å². The van der Waals surface area contributed by atoms with E-state index in [2.05, 4.69) is 6.07 Å². The third kappa shape index (κ3) is 1.92. The molecule has 0 amide bonds. The highest BCUT2D eigenvalue weighted by Gasteiger charge is 2.26. The molecule has 1 nitrogen and oxygen atoms in total. The largest absolute Gasteiger partial charge is 0.393 e. The van der Waals surface area contributed by atoms with Crippen LogP contribution in [0.25, 0.3) is 0 Å². The summed E-state index contributed by atoms with van der Waals surface area (Å²) in [6.45, 7) is 1.83. The maximum atomic E-state index is 9.38. The van der Waals surface area contributed by atoms with Crippen molar-refractivity contribution in [3.05, 3.63) is 28.8 Å². The molecule has 0 aromatic heterocycles. The molecule has 1 heterocycles. The minimum Gasteiger partial charge on any atom is -0.393 e. The molecule has 0 radical (unpaired) electrons.